The van der Waals surface area contributed by atoms with Gasteiger partial charge in [0.1, 0.15) is 0 Å². The first-order valence-electron chi connectivity index (χ1n) is 6.38. The fourth-order valence-electron chi connectivity index (χ4n) is 2.40. The second kappa shape index (κ2) is 6.06. The van der Waals surface area contributed by atoms with Crippen molar-refractivity contribution in [3.63, 3.8) is 0 Å². The minimum atomic E-state index is 0.193. The van der Waals surface area contributed by atoms with E-state index in [1.165, 1.54) is 15.3 Å². The molecule has 19 heavy (non-hydrogen) atoms. The summed E-state index contributed by atoms with van der Waals surface area (Å²) in [5.41, 5.74) is 1.38. The Bertz CT molecular complexity index is 551. The van der Waals surface area contributed by atoms with Gasteiger partial charge in [-0.2, -0.15) is 0 Å². The van der Waals surface area contributed by atoms with E-state index < -0.39 is 0 Å². The number of hydrogen-bond acceptors (Lipinski definition) is 4. The molecule has 2 atom stereocenters. The van der Waals surface area contributed by atoms with E-state index in [-0.39, 0.29) is 6.10 Å². The fourth-order valence-corrected chi connectivity index (χ4v) is 4.71. The molecule has 2 aromatic heterocycles. The number of thiophene rings is 2. The summed E-state index contributed by atoms with van der Waals surface area (Å²) in [6.45, 7) is 3.95. The minimum absolute atomic E-state index is 0.193. The zero-order valence-corrected chi connectivity index (χ0v) is 13.9. The van der Waals surface area contributed by atoms with Gasteiger partial charge in [0.25, 0.3) is 0 Å². The predicted octanol–water partition coefficient (Wildman–Crippen LogP) is 4.36. The van der Waals surface area contributed by atoms with Crippen LogP contribution in [0.25, 0.3) is 0 Å². The zero-order valence-electron chi connectivity index (χ0n) is 10.7. The molecule has 0 saturated carbocycles. The van der Waals surface area contributed by atoms with Crippen molar-refractivity contribution in [2.45, 2.75) is 32.0 Å². The van der Waals surface area contributed by atoms with Gasteiger partial charge < -0.3 is 10.1 Å². The molecule has 0 bridgehead atoms. The van der Waals surface area contributed by atoms with E-state index in [2.05, 4.69) is 51.1 Å². The van der Waals surface area contributed by atoms with E-state index in [1.807, 2.05) is 11.3 Å². The van der Waals surface area contributed by atoms with Gasteiger partial charge in [-0.15, -0.1) is 22.7 Å². The van der Waals surface area contributed by atoms with Crippen LogP contribution in [0.2, 0.25) is 0 Å². The van der Waals surface area contributed by atoms with Crippen LogP contribution in [0.3, 0.4) is 0 Å². The second-order valence-electron chi connectivity index (χ2n) is 4.74. The Labute approximate surface area is 129 Å². The molecule has 5 heteroatoms. The summed E-state index contributed by atoms with van der Waals surface area (Å²) >= 11 is 7.12. The minimum Gasteiger partial charge on any atom is -0.371 e. The maximum absolute atomic E-state index is 5.96. The van der Waals surface area contributed by atoms with Crippen molar-refractivity contribution in [2.75, 3.05) is 6.61 Å². The SMILES string of the molecule is CC(NCc1cc(Br)cs1)C1OCCc2sccc21. The third-order valence-electron chi connectivity index (χ3n) is 3.39. The Morgan fingerprint density at radius 1 is 1.53 bits per heavy atom. The summed E-state index contributed by atoms with van der Waals surface area (Å²) < 4.78 is 7.12. The average molecular weight is 358 g/mol. The molecule has 3 heterocycles. The highest BCUT2D eigenvalue weighted by Gasteiger charge is 2.26. The molecule has 0 aromatic carbocycles. The Hall–Kier alpha value is -0.200. The topological polar surface area (TPSA) is 21.3 Å². The van der Waals surface area contributed by atoms with Crippen LogP contribution in [-0.2, 0) is 17.7 Å². The molecule has 2 nitrogen and oxygen atoms in total. The van der Waals surface area contributed by atoms with Crippen molar-refractivity contribution in [3.8, 4) is 0 Å². The summed E-state index contributed by atoms with van der Waals surface area (Å²) in [6, 6.07) is 4.71. The number of halogens is 1. The number of nitrogens with one attached hydrogen (secondary N) is 1. The number of rotatable bonds is 4. The van der Waals surface area contributed by atoms with Crippen LogP contribution < -0.4 is 5.32 Å². The molecule has 0 radical (unpaired) electrons. The first-order valence-corrected chi connectivity index (χ1v) is 8.93. The number of fused-ring (bicyclic) bond motifs is 1. The van der Waals surface area contributed by atoms with Crippen LogP contribution in [-0.4, -0.2) is 12.6 Å². The quantitative estimate of drug-likeness (QED) is 0.877. The van der Waals surface area contributed by atoms with Gasteiger partial charge in [0.2, 0.25) is 0 Å². The van der Waals surface area contributed by atoms with Gasteiger partial charge in [-0.3, -0.25) is 0 Å². The average Bonchev–Trinajstić information content (AvgIpc) is 3.03. The van der Waals surface area contributed by atoms with E-state index in [9.17, 15) is 0 Å². The lowest BCUT2D eigenvalue weighted by Gasteiger charge is -2.29. The Balaban J connectivity index is 1.64. The van der Waals surface area contributed by atoms with Gasteiger partial charge in [0, 0.05) is 38.6 Å². The molecule has 1 aliphatic heterocycles. The molecule has 2 unspecified atom stereocenters. The molecule has 1 aliphatic rings. The molecule has 3 rings (SSSR count). The van der Waals surface area contributed by atoms with Crippen LogP contribution in [0.5, 0.6) is 0 Å². The highest BCUT2D eigenvalue weighted by atomic mass is 79.9. The molecule has 0 aliphatic carbocycles. The highest BCUT2D eigenvalue weighted by Crippen LogP contribution is 2.33. The zero-order chi connectivity index (χ0) is 13.2. The number of hydrogen-bond donors (Lipinski definition) is 1. The van der Waals surface area contributed by atoms with Crippen molar-refractivity contribution in [1.29, 1.82) is 0 Å². The summed E-state index contributed by atoms with van der Waals surface area (Å²) in [5, 5.41) is 7.88. The van der Waals surface area contributed by atoms with Gasteiger partial charge in [0.15, 0.2) is 0 Å². The summed E-state index contributed by atoms with van der Waals surface area (Å²) in [5.74, 6) is 0. The summed E-state index contributed by atoms with van der Waals surface area (Å²) in [7, 11) is 0. The van der Waals surface area contributed by atoms with Crippen molar-refractivity contribution >= 4 is 38.6 Å². The maximum atomic E-state index is 5.96. The van der Waals surface area contributed by atoms with Gasteiger partial charge >= 0.3 is 0 Å². The van der Waals surface area contributed by atoms with E-state index in [0.717, 1.165) is 24.0 Å². The van der Waals surface area contributed by atoms with Crippen LogP contribution in [0.15, 0.2) is 27.4 Å². The molecule has 0 spiro atoms. The second-order valence-corrected chi connectivity index (χ2v) is 7.65. The largest absolute Gasteiger partial charge is 0.371 e. The monoisotopic (exact) mass is 357 g/mol. The third kappa shape index (κ3) is 3.11. The molecule has 0 amide bonds. The van der Waals surface area contributed by atoms with Crippen LogP contribution in [0.1, 0.15) is 28.3 Å². The molecule has 0 fully saturated rings. The smallest absolute Gasteiger partial charge is 0.0986 e. The maximum Gasteiger partial charge on any atom is 0.0986 e. The van der Waals surface area contributed by atoms with E-state index in [1.54, 1.807) is 11.3 Å². The molecular weight excluding hydrogens is 342 g/mol. The first-order chi connectivity index (χ1) is 9.24. The summed E-state index contributed by atoms with van der Waals surface area (Å²) in [4.78, 5) is 2.84. The van der Waals surface area contributed by atoms with Crippen molar-refractivity contribution in [3.05, 3.63) is 42.7 Å². The van der Waals surface area contributed by atoms with Crippen LogP contribution in [0.4, 0.5) is 0 Å². The van der Waals surface area contributed by atoms with Gasteiger partial charge in [-0.05, 0) is 45.9 Å². The Kier molecular flexibility index (Phi) is 4.39. The van der Waals surface area contributed by atoms with E-state index in [0.29, 0.717) is 6.04 Å². The lowest BCUT2D eigenvalue weighted by molar-refractivity contribution is 0.0205. The fraction of sp³-hybridized carbons (Fsp3) is 0.429. The lowest BCUT2D eigenvalue weighted by Crippen LogP contribution is -2.35. The standard InChI is InChI=1S/C14H16BrNOS2/c1-9(16-7-11-6-10(15)8-19-11)14-12-3-5-18-13(12)2-4-17-14/h3,5-6,8-9,14,16H,2,4,7H2,1H3. The highest BCUT2D eigenvalue weighted by molar-refractivity contribution is 9.10. The van der Waals surface area contributed by atoms with Crippen LogP contribution >= 0.6 is 38.6 Å². The predicted molar refractivity (Wildman–Crippen MR) is 85.0 cm³/mol. The van der Waals surface area contributed by atoms with Crippen LogP contribution in [0, 0.1) is 0 Å². The molecule has 0 saturated heterocycles. The van der Waals surface area contributed by atoms with Gasteiger partial charge in [-0.25, -0.2) is 0 Å². The Morgan fingerprint density at radius 3 is 3.21 bits per heavy atom. The summed E-state index contributed by atoms with van der Waals surface area (Å²) in [6.07, 6.45) is 1.26. The number of ether oxygens (including phenoxy) is 1. The molecular formula is C14H16BrNOS2. The van der Waals surface area contributed by atoms with Gasteiger partial charge in [-0.1, -0.05) is 0 Å². The van der Waals surface area contributed by atoms with E-state index in [4.69, 9.17) is 4.74 Å². The van der Waals surface area contributed by atoms with Crippen molar-refractivity contribution in [2.24, 2.45) is 0 Å². The van der Waals surface area contributed by atoms with Crippen molar-refractivity contribution in [1.82, 2.24) is 5.32 Å². The van der Waals surface area contributed by atoms with E-state index >= 15 is 0 Å². The molecule has 102 valence electrons. The van der Waals surface area contributed by atoms with Gasteiger partial charge in [0.05, 0.1) is 12.7 Å². The molecule has 2 aromatic rings. The molecule has 1 N–H and O–H groups in total. The third-order valence-corrected chi connectivity index (χ3v) is 6.08. The normalized spacial score (nSPS) is 20.2. The van der Waals surface area contributed by atoms with Crippen molar-refractivity contribution < 1.29 is 4.74 Å². The first kappa shape index (κ1) is 13.8. The lowest BCUT2D eigenvalue weighted by atomic mass is 10.0. The Morgan fingerprint density at radius 2 is 2.42 bits per heavy atom.